The van der Waals surface area contributed by atoms with Gasteiger partial charge in [-0.05, 0) is 55.6 Å². The van der Waals surface area contributed by atoms with E-state index in [0.717, 1.165) is 36.7 Å². The number of halogens is 1. The summed E-state index contributed by atoms with van der Waals surface area (Å²) in [6, 6.07) is 16.0. The van der Waals surface area contributed by atoms with E-state index in [2.05, 4.69) is 47.3 Å². The number of aryl methyl sites for hydroxylation is 1. The summed E-state index contributed by atoms with van der Waals surface area (Å²) in [6.07, 6.45) is 3.33. The molecule has 23 heavy (non-hydrogen) atoms. The zero-order valence-electron chi connectivity index (χ0n) is 13.3. The summed E-state index contributed by atoms with van der Waals surface area (Å²) >= 11 is 0. The Morgan fingerprint density at radius 1 is 1.17 bits per heavy atom. The summed E-state index contributed by atoms with van der Waals surface area (Å²) in [6.45, 7) is 0.925. The molecule has 2 aromatic carbocycles. The number of fused-ring (bicyclic) bond motifs is 3. The van der Waals surface area contributed by atoms with E-state index < -0.39 is 0 Å². The predicted octanol–water partition coefficient (Wildman–Crippen LogP) is 4.82. The van der Waals surface area contributed by atoms with Crippen molar-refractivity contribution in [3.05, 3.63) is 71.2 Å². The van der Waals surface area contributed by atoms with Crippen molar-refractivity contribution >= 4 is 10.9 Å². The molecule has 0 amide bonds. The van der Waals surface area contributed by atoms with Crippen LogP contribution < -0.4 is 0 Å². The van der Waals surface area contributed by atoms with Gasteiger partial charge in [0.05, 0.1) is 6.04 Å². The normalized spacial score (nSPS) is 17.6. The molecule has 0 saturated heterocycles. The van der Waals surface area contributed by atoms with E-state index in [9.17, 15) is 4.39 Å². The molecule has 1 heterocycles. The fraction of sp³-hybridized carbons (Fsp3) is 0.300. The Labute approximate surface area is 135 Å². The van der Waals surface area contributed by atoms with Crippen LogP contribution in [0, 0.1) is 5.82 Å². The van der Waals surface area contributed by atoms with E-state index in [1.807, 2.05) is 6.07 Å². The first-order chi connectivity index (χ1) is 11.2. The minimum atomic E-state index is -0.154. The predicted molar refractivity (Wildman–Crippen MR) is 91.8 cm³/mol. The number of rotatable bonds is 3. The average molecular weight is 308 g/mol. The van der Waals surface area contributed by atoms with Crippen LogP contribution in [0.15, 0.2) is 48.5 Å². The van der Waals surface area contributed by atoms with Crippen molar-refractivity contribution in [1.29, 1.82) is 0 Å². The van der Waals surface area contributed by atoms with Gasteiger partial charge >= 0.3 is 0 Å². The highest BCUT2D eigenvalue weighted by atomic mass is 19.1. The molecule has 0 spiro atoms. The molecule has 1 atom stereocenters. The van der Waals surface area contributed by atoms with Gasteiger partial charge in [0.2, 0.25) is 0 Å². The number of hydrogen-bond acceptors (Lipinski definition) is 1. The number of aromatic nitrogens is 1. The standard InChI is InChI=1S/C20H21FN2/c1-23(13-14-6-3-2-4-7-14)19-9-5-8-16-17-12-15(21)10-11-18(17)22-20(16)19/h2-4,6-7,10-12,19,22H,5,8-9,13H2,1H3. The maximum absolute atomic E-state index is 13.6. The van der Waals surface area contributed by atoms with Crippen molar-refractivity contribution in [2.45, 2.75) is 31.8 Å². The molecule has 3 aromatic rings. The second-order valence-electron chi connectivity index (χ2n) is 6.52. The summed E-state index contributed by atoms with van der Waals surface area (Å²) in [5, 5.41) is 1.05. The van der Waals surface area contributed by atoms with Crippen LogP contribution in [0.2, 0.25) is 0 Å². The number of nitrogens with one attached hydrogen (secondary N) is 1. The SMILES string of the molecule is CN(Cc1ccccc1)C1CCCc2c1[nH]c1ccc(F)cc21. The molecule has 1 aromatic heterocycles. The van der Waals surface area contributed by atoms with E-state index in [-0.39, 0.29) is 5.82 Å². The number of benzene rings is 2. The molecule has 1 aliphatic rings. The molecule has 1 aliphatic carbocycles. The average Bonchev–Trinajstić information content (AvgIpc) is 2.93. The van der Waals surface area contributed by atoms with Crippen molar-refractivity contribution in [2.24, 2.45) is 0 Å². The van der Waals surface area contributed by atoms with Crippen LogP contribution in [0.4, 0.5) is 4.39 Å². The highest BCUT2D eigenvalue weighted by molar-refractivity contribution is 5.85. The van der Waals surface area contributed by atoms with Crippen LogP contribution in [0.5, 0.6) is 0 Å². The van der Waals surface area contributed by atoms with Crippen molar-refractivity contribution in [3.63, 3.8) is 0 Å². The lowest BCUT2D eigenvalue weighted by Gasteiger charge is -2.31. The Balaban J connectivity index is 1.68. The van der Waals surface area contributed by atoms with Crippen LogP contribution in [-0.4, -0.2) is 16.9 Å². The molecule has 1 unspecified atom stereocenters. The number of nitrogens with zero attached hydrogens (tertiary/aromatic N) is 1. The van der Waals surface area contributed by atoms with Gasteiger partial charge in [-0.25, -0.2) is 4.39 Å². The largest absolute Gasteiger partial charge is 0.357 e. The third kappa shape index (κ3) is 2.66. The molecule has 118 valence electrons. The van der Waals surface area contributed by atoms with Crippen molar-refractivity contribution in [2.75, 3.05) is 7.05 Å². The first-order valence-electron chi connectivity index (χ1n) is 8.26. The highest BCUT2D eigenvalue weighted by Crippen LogP contribution is 2.38. The lowest BCUT2D eigenvalue weighted by molar-refractivity contribution is 0.210. The molecule has 0 bridgehead atoms. The maximum atomic E-state index is 13.6. The van der Waals surface area contributed by atoms with E-state index in [1.54, 1.807) is 6.07 Å². The molecular formula is C20H21FN2. The Hall–Kier alpha value is -2.13. The lowest BCUT2D eigenvalue weighted by atomic mass is 9.90. The molecule has 0 fully saturated rings. The number of hydrogen-bond donors (Lipinski definition) is 1. The quantitative estimate of drug-likeness (QED) is 0.735. The maximum Gasteiger partial charge on any atom is 0.123 e. The summed E-state index contributed by atoms with van der Waals surface area (Å²) < 4.78 is 13.6. The van der Waals surface area contributed by atoms with Crippen molar-refractivity contribution < 1.29 is 4.39 Å². The molecule has 0 radical (unpaired) electrons. The molecule has 3 heteroatoms. The van der Waals surface area contributed by atoms with Gasteiger partial charge in [-0.15, -0.1) is 0 Å². The van der Waals surface area contributed by atoms with Gasteiger partial charge in [0.1, 0.15) is 5.82 Å². The number of H-pyrrole nitrogens is 1. The Morgan fingerprint density at radius 3 is 2.83 bits per heavy atom. The summed E-state index contributed by atoms with van der Waals surface area (Å²) in [5.74, 6) is -0.154. The molecule has 2 nitrogen and oxygen atoms in total. The number of aromatic amines is 1. The third-order valence-electron chi connectivity index (χ3n) is 4.95. The van der Waals surface area contributed by atoms with Crippen molar-refractivity contribution in [1.82, 2.24) is 9.88 Å². The topological polar surface area (TPSA) is 19.0 Å². The Kier molecular flexibility index (Phi) is 3.66. The first kappa shape index (κ1) is 14.5. The van der Waals surface area contributed by atoms with Gasteiger partial charge < -0.3 is 4.98 Å². The second kappa shape index (κ2) is 5.82. The fourth-order valence-electron chi connectivity index (χ4n) is 3.83. The smallest absolute Gasteiger partial charge is 0.123 e. The zero-order chi connectivity index (χ0) is 15.8. The highest BCUT2D eigenvalue weighted by Gasteiger charge is 2.27. The van der Waals surface area contributed by atoms with Gasteiger partial charge in [-0.1, -0.05) is 30.3 Å². The zero-order valence-corrected chi connectivity index (χ0v) is 13.3. The van der Waals surface area contributed by atoms with Gasteiger partial charge in [-0.2, -0.15) is 0 Å². The third-order valence-corrected chi connectivity index (χ3v) is 4.95. The van der Waals surface area contributed by atoms with E-state index in [4.69, 9.17) is 0 Å². The Morgan fingerprint density at radius 2 is 2.00 bits per heavy atom. The molecule has 0 saturated carbocycles. The monoisotopic (exact) mass is 308 g/mol. The van der Waals surface area contributed by atoms with Crippen molar-refractivity contribution in [3.8, 4) is 0 Å². The van der Waals surface area contributed by atoms with Crippen LogP contribution in [0.1, 0.15) is 35.7 Å². The van der Waals surface area contributed by atoms with E-state index in [0.29, 0.717) is 6.04 Å². The summed E-state index contributed by atoms with van der Waals surface area (Å²) in [5.41, 5.74) is 4.95. The minimum absolute atomic E-state index is 0.154. The van der Waals surface area contributed by atoms with Gasteiger partial charge in [0.25, 0.3) is 0 Å². The van der Waals surface area contributed by atoms with E-state index >= 15 is 0 Å². The van der Waals surface area contributed by atoms with Gasteiger partial charge in [0, 0.05) is 23.1 Å². The molecule has 0 aliphatic heterocycles. The van der Waals surface area contributed by atoms with Crippen LogP contribution in [0.25, 0.3) is 10.9 Å². The first-order valence-corrected chi connectivity index (χ1v) is 8.26. The lowest BCUT2D eigenvalue weighted by Crippen LogP contribution is -2.27. The summed E-state index contributed by atoms with van der Waals surface area (Å²) in [4.78, 5) is 5.95. The van der Waals surface area contributed by atoms with Crippen LogP contribution in [0.3, 0.4) is 0 Å². The fourth-order valence-corrected chi connectivity index (χ4v) is 3.83. The summed E-state index contributed by atoms with van der Waals surface area (Å²) in [7, 11) is 2.18. The van der Waals surface area contributed by atoms with Crippen LogP contribution >= 0.6 is 0 Å². The second-order valence-corrected chi connectivity index (χ2v) is 6.52. The minimum Gasteiger partial charge on any atom is -0.357 e. The van der Waals surface area contributed by atoms with Gasteiger partial charge in [-0.3, -0.25) is 4.90 Å². The van der Waals surface area contributed by atoms with Gasteiger partial charge in [0.15, 0.2) is 0 Å². The van der Waals surface area contributed by atoms with E-state index in [1.165, 1.54) is 22.9 Å². The van der Waals surface area contributed by atoms with Crippen LogP contribution in [-0.2, 0) is 13.0 Å². The Bertz CT molecular complexity index is 822. The molecular weight excluding hydrogens is 287 g/mol. The molecule has 4 rings (SSSR count). The molecule has 1 N–H and O–H groups in total.